The number of carboxylic acids is 3. The van der Waals surface area contributed by atoms with Gasteiger partial charge in [0, 0.05) is 25.2 Å². The van der Waals surface area contributed by atoms with Crippen molar-refractivity contribution >= 4 is 40.3 Å². The Labute approximate surface area is 184 Å². The van der Waals surface area contributed by atoms with Crippen LogP contribution < -0.4 is 10.3 Å². The molecule has 174 valence electrons. The molecule has 4 rings (SSSR count). The van der Waals surface area contributed by atoms with Crippen LogP contribution in [0.15, 0.2) is 16.9 Å². The zero-order valence-corrected chi connectivity index (χ0v) is 17.0. The van der Waals surface area contributed by atoms with Crippen LogP contribution in [0.25, 0.3) is 10.9 Å². The number of aliphatic carboxylic acids is 2. The number of hydrogen-bond acceptors (Lipinski definition) is 6. The number of aromatic nitrogens is 1. The van der Waals surface area contributed by atoms with Gasteiger partial charge in [0.1, 0.15) is 28.8 Å². The quantitative estimate of drug-likeness (QED) is 0.453. The van der Waals surface area contributed by atoms with Gasteiger partial charge in [-0.3, -0.25) is 15.0 Å². The number of hydrogen-bond donors (Lipinski definition) is 4. The highest BCUT2D eigenvalue weighted by molar-refractivity contribution is 6.38. The van der Waals surface area contributed by atoms with Crippen molar-refractivity contribution in [1.82, 2.24) is 4.57 Å². The molecule has 0 bridgehead atoms. The standard InChI is InChI=1S/C21H19F2N3O7/c22-9-5-11-16(12(23)6-9)26(10-1-2-10)18(14(17(11)27)20(30)31)25-4-3-8(7-25)13(19(28)29)15(24)21(32)33/h5-6,8,10,13,24H,1-4,7H2,(H,28,29)(H,30,31)(H,32,33). The van der Waals surface area contributed by atoms with Gasteiger partial charge in [0.05, 0.1) is 10.9 Å². The molecule has 1 aliphatic heterocycles. The van der Waals surface area contributed by atoms with E-state index in [-0.39, 0.29) is 36.9 Å². The molecule has 33 heavy (non-hydrogen) atoms. The van der Waals surface area contributed by atoms with Crippen LogP contribution in [-0.2, 0) is 9.59 Å². The Morgan fingerprint density at radius 3 is 2.30 bits per heavy atom. The van der Waals surface area contributed by atoms with Crippen molar-refractivity contribution in [3.63, 3.8) is 0 Å². The summed E-state index contributed by atoms with van der Waals surface area (Å²) in [7, 11) is 0. The number of carboxylic acid groups (broad SMARTS) is 3. The number of aromatic carboxylic acids is 1. The Morgan fingerprint density at radius 2 is 1.76 bits per heavy atom. The minimum Gasteiger partial charge on any atom is -0.481 e. The molecule has 0 amide bonds. The van der Waals surface area contributed by atoms with E-state index in [0.717, 1.165) is 6.07 Å². The number of pyridine rings is 1. The van der Waals surface area contributed by atoms with Gasteiger partial charge >= 0.3 is 17.9 Å². The van der Waals surface area contributed by atoms with E-state index >= 15 is 0 Å². The number of rotatable bonds is 7. The Bertz CT molecular complexity index is 1290. The molecule has 1 aromatic carbocycles. The Morgan fingerprint density at radius 1 is 1.09 bits per heavy atom. The predicted octanol–water partition coefficient (Wildman–Crippen LogP) is 1.94. The fraction of sp³-hybridized carbons (Fsp3) is 0.381. The van der Waals surface area contributed by atoms with E-state index in [1.807, 2.05) is 0 Å². The van der Waals surface area contributed by atoms with Gasteiger partial charge < -0.3 is 24.8 Å². The second kappa shape index (κ2) is 7.94. The lowest BCUT2D eigenvalue weighted by Gasteiger charge is -2.28. The van der Waals surface area contributed by atoms with E-state index in [1.54, 1.807) is 0 Å². The molecule has 1 saturated heterocycles. The molecule has 2 heterocycles. The Balaban J connectivity index is 1.90. The van der Waals surface area contributed by atoms with Crippen molar-refractivity contribution in [2.75, 3.05) is 18.0 Å². The maximum Gasteiger partial charge on any atom is 0.350 e. The van der Waals surface area contributed by atoms with Gasteiger partial charge in [-0.15, -0.1) is 0 Å². The molecule has 2 fully saturated rings. The molecule has 0 radical (unpaired) electrons. The first-order valence-electron chi connectivity index (χ1n) is 10.1. The van der Waals surface area contributed by atoms with Crippen LogP contribution in [0.5, 0.6) is 0 Å². The lowest BCUT2D eigenvalue weighted by atomic mass is 9.87. The monoisotopic (exact) mass is 463 g/mol. The van der Waals surface area contributed by atoms with E-state index < -0.39 is 63.5 Å². The van der Waals surface area contributed by atoms with Crippen LogP contribution >= 0.6 is 0 Å². The van der Waals surface area contributed by atoms with Crippen molar-refractivity contribution in [1.29, 1.82) is 5.41 Å². The van der Waals surface area contributed by atoms with Crippen LogP contribution in [0.2, 0.25) is 0 Å². The average Bonchev–Trinajstić information content (AvgIpc) is 3.45. The molecule has 1 saturated carbocycles. The number of nitrogens with zero attached hydrogens (tertiary/aromatic N) is 2. The van der Waals surface area contributed by atoms with Gasteiger partial charge in [0.25, 0.3) is 0 Å². The van der Waals surface area contributed by atoms with Gasteiger partial charge in [0.15, 0.2) is 5.82 Å². The highest BCUT2D eigenvalue weighted by Crippen LogP contribution is 2.43. The molecule has 2 unspecified atom stereocenters. The fourth-order valence-electron chi connectivity index (χ4n) is 4.58. The van der Waals surface area contributed by atoms with Crippen molar-refractivity contribution in [2.24, 2.45) is 11.8 Å². The van der Waals surface area contributed by atoms with Crippen LogP contribution in [0.4, 0.5) is 14.6 Å². The number of anilines is 1. The highest BCUT2D eigenvalue weighted by atomic mass is 19.1. The van der Waals surface area contributed by atoms with Gasteiger partial charge in [-0.05, 0) is 31.2 Å². The normalized spacial score (nSPS) is 19.0. The maximum atomic E-state index is 14.8. The van der Waals surface area contributed by atoms with Crippen LogP contribution in [0.1, 0.15) is 35.7 Å². The molecule has 2 aliphatic rings. The summed E-state index contributed by atoms with van der Waals surface area (Å²) in [6, 6.07) is 1.05. The summed E-state index contributed by atoms with van der Waals surface area (Å²) < 4.78 is 30.0. The fourth-order valence-corrected chi connectivity index (χ4v) is 4.58. The summed E-state index contributed by atoms with van der Waals surface area (Å²) in [4.78, 5) is 49.4. The average molecular weight is 463 g/mol. The topological polar surface area (TPSA) is 161 Å². The van der Waals surface area contributed by atoms with E-state index in [0.29, 0.717) is 18.9 Å². The summed E-state index contributed by atoms with van der Waals surface area (Å²) >= 11 is 0. The Kier molecular flexibility index (Phi) is 5.38. The number of benzene rings is 1. The molecule has 1 aliphatic carbocycles. The third-order valence-electron chi connectivity index (χ3n) is 6.12. The van der Waals surface area contributed by atoms with Gasteiger partial charge in [-0.2, -0.15) is 0 Å². The van der Waals surface area contributed by atoms with Gasteiger partial charge in [-0.25, -0.2) is 18.4 Å². The number of carbonyl (C=O) groups is 3. The summed E-state index contributed by atoms with van der Waals surface area (Å²) in [5.74, 6) is -9.48. The SMILES string of the molecule is N=C(C(=O)O)C(C(=O)O)C1CCN(c2c(C(=O)O)c(=O)c3cc(F)cc(F)c3n2C2CC2)C1. The minimum atomic E-state index is -1.68. The molecule has 12 heteroatoms. The zero-order valence-electron chi connectivity index (χ0n) is 17.0. The van der Waals surface area contributed by atoms with E-state index in [9.17, 15) is 38.2 Å². The number of nitrogens with one attached hydrogen (secondary N) is 1. The lowest BCUT2D eigenvalue weighted by molar-refractivity contribution is -0.142. The van der Waals surface area contributed by atoms with Crippen LogP contribution in [0, 0.1) is 28.9 Å². The lowest BCUT2D eigenvalue weighted by Crippen LogP contribution is -2.38. The smallest absolute Gasteiger partial charge is 0.350 e. The molecular weight excluding hydrogens is 444 g/mol. The number of halogens is 2. The molecular formula is C21H19F2N3O7. The van der Waals surface area contributed by atoms with E-state index in [1.165, 1.54) is 9.47 Å². The van der Waals surface area contributed by atoms with Crippen LogP contribution in [0.3, 0.4) is 0 Å². The summed E-state index contributed by atoms with van der Waals surface area (Å²) in [5, 5.41) is 35.7. The Hall–Kier alpha value is -3.83. The highest BCUT2D eigenvalue weighted by Gasteiger charge is 2.42. The first-order valence-corrected chi connectivity index (χ1v) is 10.1. The summed E-state index contributed by atoms with van der Waals surface area (Å²) in [6.45, 7) is -0.102. The second-order valence-electron chi connectivity index (χ2n) is 8.25. The summed E-state index contributed by atoms with van der Waals surface area (Å²) in [6.07, 6.45) is 1.24. The van der Waals surface area contributed by atoms with Gasteiger partial charge in [0.2, 0.25) is 5.43 Å². The van der Waals surface area contributed by atoms with Crippen molar-refractivity contribution in [3.05, 3.63) is 39.6 Å². The van der Waals surface area contributed by atoms with Crippen molar-refractivity contribution in [2.45, 2.75) is 25.3 Å². The number of fused-ring (bicyclic) bond motifs is 1. The maximum absolute atomic E-state index is 14.8. The largest absolute Gasteiger partial charge is 0.481 e. The molecule has 0 spiro atoms. The predicted molar refractivity (Wildman–Crippen MR) is 110 cm³/mol. The van der Waals surface area contributed by atoms with E-state index in [2.05, 4.69) is 0 Å². The molecule has 2 atom stereocenters. The first-order chi connectivity index (χ1) is 15.5. The first kappa shape index (κ1) is 22.4. The zero-order chi connectivity index (χ0) is 24.2. The van der Waals surface area contributed by atoms with Crippen molar-refractivity contribution < 1.29 is 38.5 Å². The summed E-state index contributed by atoms with van der Waals surface area (Å²) in [5.41, 5.74) is -3.01. The molecule has 1 aromatic heterocycles. The molecule has 2 aromatic rings. The molecule has 4 N–H and O–H groups in total. The van der Waals surface area contributed by atoms with Crippen LogP contribution in [-0.4, -0.2) is 56.6 Å². The van der Waals surface area contributed by atoms with Gasteiger partial charge in [-0.1, -0.05) is 0 Å². The third-order valence-corrected chi connectivity index (χ3v) is 6.12. The minimum absolute atomic E-state index is 0.0576. The van der Waals surface area contributed by atoms with Crippen molar-refractivity contribution in [3.8, 4) is 0 Å². The molecule has 10 nitrogen and oxygen atoms in total. The second-order valence-corrected chi connectivity index (χ2v) is 8.25. The van der Waals surface area contributed by atoms with E-state index in [4.69, 9.17) is 10.5 Å². The third kappa shape index (κ3) is 3.70.